The van der Waals surface area contributed by atoms with Crippen molar-refractivity contribution in [2.24, 2.45) is 29.6 Å². The average Bonchev–Trinajstić information content (AvgIpc) is 3.21. The molecule has 2 rings (SSSR count). The van der Waals surface area contributed by atoms with Gasteiger partial charge in [-0.25, -0.2) is 4.79 Å². The molecule has 4 N–H and O–H groups in total. The number of aliphatic hydroxyl groups excluding tert-OH is 3. The summed E-state index contributed by atoms with van der Waals surface area (Å²) in [4.78, 5) is 39.3. The zero-order valence-electron chi connectivity index (χ0n) is 37.4. The molecule has 0 aromatic heterocycles. The second-order valence-electron chi connectivity index (χ2n) is 17.0. The lowest BCUT2D eigenvalue weighted by Gasteiger charge is -2.42. The van der Waals surface area contributed by atoms with Gasteiger partial charge in [0.15, 0.2) is 0 Å². The summed E-state index contributed by atoms with van der Waals surface area (Å²) in [5.74, 6) is -2.89. The number of amides is 1. The number of Topliss-reactive ketones (excluding diaryl/α,β-unsaturated/α-hetero) is 1. The Morgan fingerprint density at radius 1 is 1.03 bits per heavy atom. The van der Waals surface area contributed by atoms with Gasteiger partial charge >= 0.3 is 5.97 Å². The standard InChI is InChI=1S/C45H75NO13/c1-27-16-19-41(51)59-44(32(6)42(52)28(2)17-18-35(48)30(4)43(57-12)29(3)20-21-46(8)26-47)31(5)38(54-9)25-40(56-11)45(7,53)39(55-10)24-34-15-13-14-33(58-34)23-37(50)36(49)22-27/h13-14,16,19-22,26,28-34,36-40,42-44,49-50,52-53H,15,17-18,23-25H2,1-12H3/b19-16?,21-20+,27-22+/t28-,29+,30-,31-,32-,33-,34-,36-,37+,38+,39-,40-,42-,43+,44-,45-/m0/s1. The van der Waals surface area contributed by atoms with Gasteiger partial charge in [-0.1, -0.05) is 70.6 Å². The first kappa shape index (κ1) is 52.3. The molecule has 0 radical (unpaired) electrons. The molecule has 16 atom stereocenters. The summed E-state index contributed by atoms with van der Waals surface area (Å²) in [6, 6.07) is 0. The van der Waals surface area contributed by atoms with Crippen molar-refractivity contribution in [3.05, 3.63) is 48.2 Å². The van der Waals surface area contributed by atoms with Crippen molar-refractivity contribution in [3.8, 4) is 0 Å². The summed E-state index contributed by atoms with van der Waals surface area (Å²) in [6.07, 6.45) is 6.09. The number of hydrogen-bond acceptors (Lipinski definition) is 13. The van der Waals surface area contributed by atoms with E-state index in [1.165, 1.54) is 44.5 Å². The highest BCUT2D eigenvalue weighted by Crippen LogP contribution is 2.35. The molecule has 0 unspecified atom stereocenters. The van der Waals surface area contributed by atoms with E-state index in [1.54, 1.807) is 41.1 Å². The lowest BCUT2D eigenvalue weighted by Crippen LogP contribution is -2.55. The summed E-state index contributed by atoms with van der Waals surface area (Å²) < 4.78 is 35.9. The summed E-state index contributed by atoms with van der Waals surface area (Å²) in [5, 5.41) is 45.6. The molecular weight excluding hydrogens is 762 g/mol. The molecule has 2 heterocycles. The van der Waals surface area contributed by atoms with E-state index in [4.69, 9.17) is 28.4 Å². The first-order valence-corrected chi connectivity index (χ1v) is 20.9. The molecule has 0 aliphatic carbocycles. The van der Waals surface area contributed by atoms with Crippen LogP contribution in [-0.2, 0) is 42.8 Å². The smallest absolute Gasteiger partial charge is 0.331 e. The molecule has 59 heavy (non-hydrogen) atoms. The van der Waals surface area contributed by atoms with Gasteiger partial charge in [0.2, 0.25) is 6.41 Å². The number of carbonyl (C=O) groups is 3. The summed E-state index contributed by atoms with van der Waals surface area (Å²) in [7, 11) is 7.72. The Kier molecular flexibility index (Phi) is 22.4. The molecule has 0 spiro atoms. The van der Waals surface area contributed by atoms with Crippen LogP contribution in [0.15, 0.2) is 48.2 Å². The van der Waals surface area contributed by atoms with Crippen LogP contribution in [0, 0.1) is 29.6 Å². The highest BCUT2D eigenvalue weighted by atomic mass is 16.6. The van der Waals surface area contributed by atoms with Crippen molar-refractivity contribution in [3.63, 3.8) is 0 Å². The van der Waals surface area contributed by atoms with Gasteiger partial charge in [0.05, 0.1) is 54.9 Å². The third-order valence-electron chi connectivity index (χ3n) is 12.4. The van der Waals surface area contributed by atoms with Crippen LogP contribution in [0.1, 0.15) is 87.0 Å². The fourth-order valence-corrected chi connectivity index (χ4v) is 8.39. The van der Waals surface area contributed by atoms with Crippen LogP contribution in [0.25, 0.3) is 0 Å². The Bertz CT molecular complexity index is 1410. The molecule has 2 aliphatic rings. The minimum Gasteiger partial charge on any atom is -0.458 e. The van der Waals surface area contributed by atoms with Crippen molar-refractivity contribution in [1.82, 2.24) is 4.90 Å². The van der Waals surface area contributed by atoms with Gasteiger partial charge < -0.3 is 53.7 Å². The number of esters is 1. The zero-order valence-corrected chi connectivity index (χ0v) is 37.4. The van der Waals surface area contributed by atoms with Gasteiger partial charge in [-0.2, -0.15) is 0 Å². The van der Waals surface area contributed by atoms with Crippen LogP contribution in [0.5, 0.6) is 0 Å². The molecule has 0 aromatic rings. The maximum Gasteiger partial charge on any atom is 0.331 e. The van der Waals surface area contributed by atoms with E-state index < -0.39 is 84.3 Å². The van der Waals surface area contributed by atoms with Crippen molar-refractivity contribution in [2.75, 3.05) is 35.5 Å². The van der Waals surface area contributed by atoms with Crippen molar-refractivity contribution in [1.29, 1.82) is 0 Å². The molecule has 0 fully saturated rings. The number of allylic oxidation sites excluding steroid dienone is 2. The quantitative estimate of drug-likeness (QED) is 0.0978. The molecule has 14 heteroatoms. The second-order valence-corrected chi connectivity index (χ2v) is 17.0. The fourth-order valence-electron chi connectivity index (χ4n) is 8.39. The van der Waals surface area contributed by atoms with Crippen molar-refractivity contribution < 1.29 is 63.2 Å². The van der Waals surface area contributed by atoms with E-state index in [0.29, 0.717) is 31.2 Å². The van der Waals surface area contributed by atoms with Crippen LogP contribution in [-0.4, -0.2) is 146 Å². The number of aliphatic hydroxyl groups is 4. The number of ether oxygens (including phenoxy) is 6. The van der Waals surface area contributed by atoms with Crippen LogP contribution < -0.4 is 0 Å². The average molecular weight is 838 g/mol. The highest BCUT2D eigenvalue weighted by molar-refractivity contribution is 5.82. The SMILES string of the molecule is CO[C@H]([C@H](C)/C=C/N(C)C=O)[C@@H](C)C(=O)CC[C@H](C)[C@H](O)[C@H](C)[C@H]1OC(=O)C=C/C(C)=C/[C@H](O)[C@H](O)C[C@@H]2C=CC[C@@H](C[C@H](OC)[C@](C)(O)[C@@H](OC)C[C@@H](OC)[C@@H]1C)O2. The summed E-state index contributed by atoms with van der Waals surface area (Å²) in [5.41, 5.74) is -1.03. The molecule has 0 saturated carbocycles. The maximum atomic E-state index is 13.5. The van der Waals surface area contributed by atoms with Gasteiger partial charge in [0.25, 0.3) is 0 Å². The largest absolute Gasteiger partial charge is 0.458 e. The van der Waals surface area contributed by atoms with Crippen LogP contribution in [0.2, 0.25) is 0 Å². The fraction of sp³-hybridized carbons (Fsp3) is 0.756. The van der Waals surface area contributed by atoms with Crippen LogP contribution >= 0.6 is 0 Å². The van der Waals surface area contributed by atoms with E-state index in [0.717, 1.165) is 0 Å². The molecule has 0 aromatic carbocycles. The predicted octanol–water partition coefficient (Wildman–Crippen LogP) is 4.32. The number of carbonyl (C=O) groups excluding carboxylic acids is 3. The zero-order chi connectivity index (χ0) is 44.6. The monoisotopic (exact) mass is 838 g/mol. The molecular formula is C45H75NO13. The van der Waals surface area contributed by atoms with E-state index in [2.05, 4.69) is 0 Å². The van der Waals surface area contributed by atoms with Crippen LogP contribution in [0.3, 0.4) is 0 Å². The summed E-state index contributed by atoms with van der Waals surface area (Å²) in [6.45, 7) is 12.6. The third kappa shape index (κ3) is 15.6. The molecule has 0 saturated heterocycles. The molecule has 14 nitrogen and oxygen atoms in total. The normalized spacial score (nSPS) is 34.4. The number of cyclic esters (lactones) is 1. The molecule has 2 bridgehead atoms. The number of hydrogen-bond donors (Lipinski definition) is 4. The van der Waals surface area contributed by atoms with E-state index in [9.17, 15) is 34.8 Å². The van der Waals surface area contributed by atoms with Gasteiger partial charge in [-0.3, -0.25) is 9.59 Å². The molecule has 2 aliphatic heterocycles. The lowest BCUT2D eigenvalue weighted by molar-refractivity contribution is -0.184. The highest BCUT2D eigenvalue weighted by Gasteiger charge is 2.46. The number of rotatable bonds is 16. The summed E-state index contributed by atoms with van der Waals surface area (Å²) >= 11 is 0. The second kappa shape index (κ2) is 25.2. The van der Waals surface area contributed by atoms with Gasteiger partial charge in [0.1, 0.15) is 17.5 Å². The minimum absolute atomic E-state index is 0.0288. The van der Waals surface area contributed by atoms with Gasteiger partial charge in [0, 0.05) is 97.1 Å². The predicted molar refractivity (Wildman–Crippen MR) is 224 cm³/mol. The van der Waals surface area contributed by atoms with E-state index in [1.807, 2.05) is 45.9 Å². The first-order valence-electron chi connectivity index (χ1n) is 20.9. The van der Waals surface area contributed by atoms with Gasteiger partial charge in [-0.05, 0) is 32.6 Å². The Morgan fingerprint density at radius 3 is 2.27 bits per heavy atom. The maximum absolute atomic E-state index is 13.5. The number of fused-ring (bicyclic) bond motifs is 2. The van der Waals surface area contributed by atoms with Crippen molar-refractivity contribution in [2.45, 2.75) is 154 Å². The first-order chi connectivity index (χ1) is 27.7. The Morgan fingerprint density at radius 2 is 1.68 bits per heavy atom. The van der Waals surface area contributed by atoms with Gasteiger partial charge in [-0.15, -0.1) is 0 Å². The van der Waals surface area contributed by atoms with E-state index >= 15 is 0 Å². The lowest BCUT2D eigenvalue weighted by atomic mass is 9.77. The molecule has 338 valence electrons. The Labute approximate surface area is 352 Å². The topological polar surface area (TPSA) is 191 Å². The number of ketones is 1. The van der Waals surface area contributed by atoms with Crippen LogP contribution in [0.4, 0.5) is 0 Å². The third-order valence-corrected chi connectivity index (χ3v) is 12.4. The Hall–Kier alpha value is -2.79. The number of methoxy groups -OCH3 is 4. The number of nitrogens with zero attached hydrogens (tertiary/aromatic N) is 1. The molecule has 1 amide bonds. The van der Waals surface area contributed by atoms with Crippen molar-refractivity contribution >= 4 is 18.2 Å². The van der Waals surface area contributed by atoms with E-state index in [-0.39, 0.29) is 43.0 Å². The minimum atomic E-state index is -1.54. The Balaban J connectivity index is 2.44.